The van der Waals surface area contributed by atoms with Crippen LogP contribution in [0.25, 0.3) is 43.8 Å². The van der Waals surface area contributed by atoms with E-state index in [2.05, 4.69) is 163 Å². The van der Waals surface area contributed by atoms with Crippen LogP contribution < -0.4 is 24.8 Å². The van der Waals surface area contributed by atoms with E-state index in [9.17, 15) is 0 Å². The van der Waals surface area contributed by atoms with Crippen LogP contribution >= 0.6 is 0 Å². The fourth-order valence-electron chi connectivity index (χ4n) is 4.85. The van der Waals surface area contributed by atoms with E-state index in [0.29, 0.717) is 11.3 Å². The largest absolute Gasteiger partial charge is 1.00 e. The molecule has 1 aliphatic carbocycles. The first kappa shape index (κ1) is 35.8. The maximum Gasteiger partial charge on any atom is -0.0259 e. The number of hydrogen-bond acceptors (Lipinski definition) is 0. The molecular formula is C39H40Cl2Zr-2. The molecule has 5 aromatic carbocycles. The SMILES string of the molecule is CCC1[C-]=CC(C(C)(C)C)=C1.C[C](C)=[Zr+2].[Cl-].[Cl-].c1ccc(-c2ccc3c(c2)[cH-]c2cc(-c4ccccc4)ccc23)cc1. The molecule has 1 aliphatic rings. The van der Waals surface area contributed by atoms with Crippen molar-refractivity contribution >= 4 is 24.8 Å². The van der Waals surface area contributed by atoms with E-state index < -0.39 is 0 Å². The predicted octanol–water partition coefficient (Wildman–Crippen LogP) is 5.16. The van der Waals surface area contributed by atoms with Crippen LogP contribution in [-0.2, 0) is 24.2 Å². The smallest absolute Gasteiger partial charge is 0.0259 e. The molecule has 0 aromatic heterocycles. The van der Waals surface area contributed by atoms with Gasteiger partial charge in [-0.2, -0.15) is 11.6 Å². The molecule has 0 saturated carbocycles. The fraction of sp³-hybridized carbons (Fsp3) is 0.231. The van der Waals surface area contributed by atoms with Gasteiger partial charge in [0, 0.05) is 0 Å². The van der Waals surface area contributed by atoms with Gasteiger partial charge in [0.2, 0.25) is 0 Å². The number of halogens is 2. The van der Waals surface area contributed by atoms with Crippen LogP contribution in [0, 0.1) is 17.4 Å². The van der Waals surface area contributed by atoms with Crippen LogP contribution in [0.5, 0.6) is 0 Å². The van der Waals surface area contributed by atoms with E-state index in [-0.39, 0.29) is 24.8 Å². The molecule has 0 fully saturated rings. The first-order valence-corrected chi connectivity index (χ1v) is 15.5. The van der Waals surface area contributed by atoms with Crippen LogP contribution in [0.1, 0.15) is 48.0 Å². The molecule has 0 nitrogen and oxygen atoms in total. The van der Waals surface area contributed by atoms with Crippen molar-refractivity contribution in [2.24, 2.45) is 11.3 Å². The molecule has 1 atom stereocenters. The molecule has 0 spiro atoms. The summed E-state index contributed by atoms with van der Waals surface area (Å²) < 4.78 is 1.51. The van der Waals surface area contributed by atoms with E-state index >= 15 is 0 Å². The molecule has 42 heavy (non-hydrogen) atoms. The van der Waals surface area contributed by atoms with Crippen LogP contribution in [0.2, 0.25) is 0 Å². The number of rotatable bonds is 3. The zero-order valence-electron chi connectivity index (χ0n) is 25.5. The molecule has 0 aliphatic heterocycles. The summed E-state index contributed by atoms with van der Waals surface area (Å²) in [7, 11) is 0. The standard InChI is InChI=1S/C25H17.C11H17.C3H6.2ClH.Zr/c1-3-7-18(8-4-1)20-11-13-24-22(15-20)17-23-16-21(12-14-25(23)24)19-9-5-2-6-10-19;1-5-9-6-7-10(8-9)11(2,3)4;1-3-2;;;/h1-17H;7-9H,5H2,1-4H3;1-2H3;2*1H;/q2*-1;;;;+2/p-2. The minimum absolute atomic E-state index is 0. The van der Waals surface area contributed by atoms with Crippen molar-refractivity contribution in [3.8, 4) is 22.3 Å². The number of hydrogen-bond donors (Lipinski definition) is 0. The molecule has 0 bridgehead atoms. The average Bonchev–Trinajstić information content (AvgIpc) is 3.58. The van der Waals surface area contributed by atoms with Gasteiger partial charge in [-0.3, -0.25) is 6.08 Å². The van der Waals surface area contributed by atoms with E-state index in [0.717, 1.165) is 0 Å². The molecule has 1 unspecified atom stereocenters. The molecule has 0 amide bonds. The molecule has 0 heterocycles. The van der Waals surface area contributed by atoms with Gasteiger partial charge >= 0.3 is 41.3 Å². The van der Waals surface area contributed by atoms with Gasteiger partial charge in [-0.05, 0) is 11.1 Å². The topological polar surface area (TPSA) is 0 Å². The molecular weight excluding hydrogens is 631 g/mol. The van der Waals surface area contributed by atoms with Gasteiger partial charge in [-0.1, -0.05) is 142 Å². The Morgan fingerprint density at radius 2 is 1.14 bits per heavy atom. The summed E-state index contributed by atoms with van der Waals surface area (Å²) in [6.07, 6.45) is 9.00. The van der Waals surface area contributed by atoms with Gasteiger partial charge in [0.1, 0.15) is 0 Å². The summed E-state index contributed by atoms with van der Waals surface area (Å²) in [5, 5.41) is 5.27. The molecule has 3 heteroatoms. The monoisotopic (exact) mass is 668 g/mol. The van der Waals surface area contributed by atoms with Crippen molar-refractivity contribution in [2.75, 3.05) is 0 Å². The second-order valence-corrected chi connectivity index (χ2v) is 14.1. The summed E-state index contributed by atoms with van der Waals surface area (Å²) in [4.78, 5) is 0. The zero-order valence-corrected chi connectivity index (χ0v) is 29.5. The Morgan fingerprint density at radius 1 is 0.714 bits per heavy atom. The molecule has 0 radical (unpaired) electrons. The Kier molecular flexibility index (Phi) is 14.0. The third kappa shape index (κ3) is 9.54. The molecule has 6 rings (SSSR count). The second-order valence-electron chi connectivity index (χ2n) is 11.7. The Balaban J connectivity index is 0.000000307. The van der Waals surface area contributed by atoms with Crippen LogP contribution in [0.3, 0.4) is 0 Å². The normalized spacial score (nSPS) is 13.6. The van der Waals surface area contributed by atoms with Crippen molar-refractivity contribution in [3.63, 3.8) is 0 Å². The Morgan fingerprint density at radius 3 is 1.48 bits per heavy atom. The van der Waals surface area contributed by atoms with Crippen LogP contribution in [0.4, 0.5) is 0 Å². The number of benzene rings is 4. The predicted molar refractivity (Wildman–Crippen MR) is 173 cm³/mol. The second kappa shape index (κ2) is 16.4. The minimum Gasteiger partial charge on any atom is -1.00 e. The maximum absolute atomic E-state index is 3.35. The summed E-state index contributed by atoms with van der Waals surface area (Å²) in [5.41, 5.74) is 6.80. The Labute approximate surface area is 280 Å². The zero-order chi connectivity index (χ0) is 28.7. The van der Waals surface area contributed by atoms with Gasteiger partial charge in [0.05, 0.1) is 0 Å². The van der Waals surface area contributed by atoms with Crippen molar-refractivity contribution < 1.29 is 49.0 Å². The summed E-state index contributed by atoms with van der Waals surface area (Å²) in [5.74, 6) is 0.573. The summed E-state index contributed by atoms with van der Waals surface area (Å²) in [6.45, 7) is 13.2. The fourth-order valence-corrected chi connectivity index (χ4v) is 4.85. The van der Waals surface area contributed by atoms with Gasteiger partial charge in [-0.25, -0.2) is 6.08 Å². The van der Waals surface area contributed by atoms with E-state index in [1.807, 2.05) is 0 Å². The third-order valence-corrected chi connectivity index (χ3v) is 7.06. The van der Waals surface area contributed by atoms with Crippen LogP contribution in [-0.4, -0.2) is 3.21 Å². The summed E-state index contributed by atoms with van der Waals surface area (Å²) >= 11 is 1.55. The Hall–Kier alpha value is -2.44. The third-order valence-electron chi connectivity index (χ3n) is 7.06. The molecule has 216 valence electrons. The quantitative estimate of drug-likeness (QED) is 0.233. The van der Waals surface area contributed by atoms with Gasteiger partial charge in [0.25, 0.3) is 0 Å². The molecule has 0 N–H and O–H groups in total. The van der Waals surface area contributed by atoms with E-state index in [4.69, 9.17) is 0 Å². The maximum atomic E-state index is 3.35. The first-order chi connectivity index (χ1) is 19.2. The summed E-state index contributed by atoms with van der Waals surface area (Å²) in [6, 6.07) is 37.0. The van der Waals surface area contributed by atoms with E-state index in [1.165, 1.54) is 59.0 Å². The van der Waals surface area contributed by atoms with Crippen molar-refractivity contribution in [1.82, 2.24) is 0 Å². The van der Waals surface area contributed by atoms with Crippen molar-refractivity contribution in [2.45, 2.75) is 48.0 Å². The van der Waals surface area contributed by atoms with E-state index in [1.54, 1.807) is 24.2 Å². The number of allylic oxidation sites excluding steroid dienone is 4. The average molecular weight is 671 g/mol. The van der Waals surface area contributed by atoms with Crippen LogP contribution in [0.15, 0.2) is 121 Å². The molecule has 5 aromatic rings. The Bertz CT molecular complexity index is 1540. The number of fused-ring (bicyclic) bond motifs is 3. The molecule has 0 saturated heterocycles. The first-order valence-electron chi connectivity index (χ1n) is 14.2. The van der Waals surface area contributed by atoms with Crippen molar-refractivity contribution in [3.05, 3.63) is 127 Å². The van der Waals surface area contributed by atoms with Gasteiger partial charge in [-0.15, -0.1) is 39.7 Å². The van der Waals surface area contributed by atoms with Gasteiger partial charge in [0.15, 0.2) is 0 Å². The van der Waals surface area contributed by atoms with Crippen molar-refractivity contribution in [1.29, 1.82) is 0 Å². The van der Waals surface area contributed by atoms with Gasteiger partial charge < -0.3 is 24.8 Å². The minimum atomic E-state index is 0.